The lowest BCUT2D eigenvalue weighted by Crippen LogP contribution is -2.53. The van der Waals surface area contributed by atoms with Crippen molar-refractivity contribution in [2.24, 2.45) is 13.0 Å². The summed E-state index contributed by atoms with van der Waals surface area (Å²) in [4.78, 5) is 57.7. The molecular weight excluding hydrogens is 713 g/mol. The van der Waals surface area contributed by atoms with Crippen molar-refractivity contribution >= 4 is 51.9 Å². The number of piperazine rings is 1. The van der Waals surface area contributed by atoms with Crippen molar-refractivity contribution in [2.45, 2.75) is 63.3 Å². The van der Waals surface area contributed by atoms with Gasteiger partial charge in [0.2, 0.25) is 11.8 Å². The van der Waals surface area contributed by atoms with Crippen LogP contribution in [0.5, 0.6) is 0 Å². The highest BCUT2D eigenvalue weighted by molar-refractivity contribution is 6.34. The largest absolute Gasteiger partial charge is 0.481 e. The Bertz CT molecular complexity index is 2030. The van der Waals surface area contributed by atoms with Crippen LogP contribution in [0.3, 0.4) is 0 Å². The van der Waals surface area contributed by atoms with Gasteiger partial charge in [0, 0.05) is 56.4 Å². The van der Waals surface area contributed by atoms with Gasteiger partial charge in [-0.05, 0) is 61.4 Å². The van der Waals surface area contributed by atoms with Gasteiger partial charge in [-0.2, -0.15) is 0 Å². The predicted octanol–water partition coefficient (Wildman–Crippen LogP) is 5.74. The van der Waals surface area contributed by atoms with Gasteiger partial charge in [0.1, 0.15) is 5.82 Å². The standard InChI is InChI=1S/C41H45ClFN5O6/c1-45-23-33(32-9-5-6-10-37(32)45)40(51)44-36-20-35(43)28(17-34(36)42)18-38(49)48-22-29(19-30(48)25-54-31-13-11-27(12-14-31)41(52)53)46-15-16-47(39(50)24-46)21-26-7-3-2-4-8-26/h2-10,17,20,23,27,29-31H,11-16,18-19,21-22,24-25H2,1H3,(H,44,51)(H,52,53)/t27?,29-,30-,31?/m0/s1. The van der Waals surface area contributed by atoms with E-state index < -0.39 is 17.7 Å². The number of carbonyl (C=O) groups excluding carboxylic acids is 3. The first kappa shape index (κ1) is 37.5. The van der Waals surface area contributed by atoms with Crippen molar-refractivity contribution in [3.63, 3.8) is 0 Å². The first-order chi connectivity index (χ1) is 26.0. The SMILES string of the molecule is Cn1cc(C(=O)Nc2cc(F)c(CC(=O)N3C[C@@H](N4CCN(Cc5ccccc5)C(=O)C4)C[C@H]3COC3CCC(C(=O)O)CC3)cc2Cl)c2ccccc21. The molecule has 3 fully saturated rings. The number of rotatable bonds is 11. The number of amides is 3. The Morgan fingerprint density at radius 2 is 1.74 bits per heavy atom. The molecule has 3 aromatic carbocycles. The van der Waals surface area contributed by atoms with Crippen LogP contribution in [0, 0.1) is 11.7 Å². The van der Waals surface area contributed by atoms with Crippen LogP contribution < -0.4 is 5.32 Å². The van der Waals surface area contributed by atoms with Crippen molar-refractivity contribution in [3.8, 4) is 0 Å². The average molecular weight is 758 g/mol. The summed E-state index contributed by atoms with van der Waals surface area (Å²) < 4.78 is 23.8. The molecule has 13 heteroatoms. The zero-order valence-electron chi connectivity index (χ0n) is 30.3. The van der Waals surface area contributed by atoms with Gasteiger partial charge in [0.15, 0.2) is 0 Å². The molecule has 3 heterocycles. The summed E-state index contributed by atoms with van der Waals surface area (Å²) in [6.07, 6.45) is 4.30. The van der Waals surface area contributed by atoms with Crippen molar-refractivity contribution in [2.75, 3.05) is 38.1 Å². The van der Waals surface area contributed by atoms with Gasteiger partial charge >= 0.3 is 5.97 Å². The maximum atomic E-state index is 15.7. The molecule has 3 aliphatic rings. The molecule has 2 N–H and O–H groups in total. The molecule has 0 spiro atoms. The number of carbonyl (C=O) groups is 4. The van der Waals surface area contributed by atoms with Gasteiger partial charge < -0.3 is 29.5 Å². The van der Waals surface area contributed by atoms with Gasteiger partial charge in [-0.3, -0.25) is 24.1 Å². The van der Waals surface area contributed by atoms with Crippen LogP contribution in [0.15, 0.2) is 72.9 Å². The third-order valence-corrected chi connectivity index (χ3v) is 11.5. The Morgan fingerprint density at radius 1 is 1.00 bits per heavy atom. The molecule has 0 bridgehead atoms. The maximum absolute atomic E-state index is 15.7. The van der Waals surface area contributed by atoms with E-state index in [1.807, 2.05) is 71.1 Å². The van der Waals surface area contributed by atoms with Crippen molar-refractivity contribution in [3.05, 3.63) is 100 Å². The molecule has 54 heavy (non-hydrogen) atoms. The van der Waals surface area contributed by atoms with Crippen LogP contribution in [-0.4, -0.2) is 99.0 Å². The average Bonchev–Trinajstić information content (AvgIpc) is 3.75. The lowest BCUT2D eigenvalue weighted by Gasteiger charge is -2.37. The number of para-hydroxylation sites is 1. The molecule has 1 aliphatic carbocycles. The number of aryl methyl sites for hydroxylation is 1. The minimum absolute atomic E-state index is 0.0298. The Hall–Kier alpha value is -4.78. The monoisotopic (exact) mass is 757 g/mol. The summed E-state index contributed by atoms with van der Waals surface area (Å²) >= 11 is 6.58. The van der Waals surface area contributed by atoms with Crippen LogP contribution in [0.4, 0.5) is 10.1 Å². The second kappa shape index (κ2) is 16.3. The molecule has 0 unspecified atom stereocenters. The number of hydrogen-bond acceptors (Lipinski definition) is 6. The van der Waals surface area contributed by atoms with Crippen molar-refractivity contribution in [1.82, 2.24) is 19.3 Å². The molecule has 2 saturated heterocycles. The number of carboxylic acids is 1. The lowest BCUT2D eigenvalue weighted by atomic mass is 9.87. The fourth-order valence-corrected chi connectivity index (χ4v) is 8.38. The molecule has 1 saturated carbocycles. The van der Waals surface area contributed by atoms with Crippen LogP contribution in [-0.2, 0) is 39.1 Å². The van der Waals surface area contributed by atoms with Gasteiger partial charge in [-0.15, -0.1) is 0 Å². The van der Waals surface area contributed by atoms with E-state index in [-0.39, 0.29) is 71.8 Å². The van der Waals surface area contributed by atoms with E-state index in [0.29, 0.717) is 63.8 Å². The van der Waals surface area contributed by atoms with Crippen LogP contribution in [0.25, 0.3) is 10.9 Å². The number of carboxylic acid groups (broad SMARTS) is 1. The summed E-state index contributed by atoms with van der Waals surface area (Å²) in [5.74, 6) is -2.51. The minimum atomic E-state index is -0.783. The van der Waals surface area contributed by atoms with Crippen LogP contribution in [0.1, 0.15) is 53.6 Å². The highest BCUT2D eigenvalue weighted by atomic mass is 35.5. The number of ether oxygens (including phenoxy) is 1. The Kier molecular flexibility index (Phi) is 11.3. The van der Waals surface area contributed by atoms with Crippen LogP contribution >= 0.6 is 11.6 Å². The topological polar surface area (TPSA) is 124 Å². The zero-order chi connectivity index (χ0) is 37.9. The number of fused-ring (bicyclic) bond motifs is 1. The number of benzene rings is 3. The molecular formula is C41H45ClFN5O6. The predicted molar refractivity (Wildman–Crippen MR) is 203 cm³/mol. The van der Waals surface area contributed by atoms with Crippen molar-refractivity contribution < 1.29 is 33.4 Å². The van der Waals surface area contributed by atoms with Gasteiger partial charge in [-0.1, -0.05) is 60.1 Å². The lowest BCUT2D eigenvalue weighted by molar-refractivity contribution is -0.144. The number of nitrogens with zero attached hydrogens (tertiary/aromatic N) is 4. The molecule has 284 valence electrons. The number of aromatic nitrogens is 1. The second-order valence-corrected chi connectivity index (χ2v) is 15.1. The summed E-state index contributed by atoms with van der Waals surface area (Å²) in [5.41, 5.74) is 2.58. The van der Waals surface area contributed by atoms with E-state index in [9.17, 15) is 24.3 Å². The van der Waals surface area contributed by atoms with Crippen molar-refractivity contribution in [1.29, 1.82) is 0 Å². The number of aliphatic carboxylic acids is 1. The number of hydrogen-bond donors (Lipinski definition) is 2. The number of halogens is 2. The summed E-state index contributed by atoms with van der Waals surface area (Å²) in [6.45, 7) is 2.63. The van der Waals surface area contributed by atoms with E-state index in [2.05, 4.69) is 10.2 Å². The molecule has 1 aromatic heterocycles. The molecule has 2 aliphatic heterocycles. The normalized spacial score (nSPS) is 22.2. The Morgan fingerprint density at radius 3 is 2.48 bits per heavy atom. The van der Waals surface area contributed by atoms with E-state index >= 15 is 4.39 Å². The Balaban J connectivity index is 1.03. The smallest absolute Gasteiger partial charge is 0.306 e. The second-order valence-electron chi connectivity index (χ2n) is 14.7. The molecule has 11 nitrogen and oxygen atoms in total. The quantitative estimate of drug-likeness (QED) is 0.200. The van der Waals surface area contributed by atoms with Crippen LogP contribution in [0.2, 0.25) is 5.02 Å². The number of likely N-dealkylation sites (tertiary alicyclic amines) is 1. The van der Waals surface area contributed by atoms with E-state index in [4.69, 9.17) is 16.3 Å². The minimum Gasteiger partial charge on any atom is -0.481 e. The molecule has 7 rings (SSSR count). The van der Waals surface area contributed by atoms with Gasteiger partial charge in [-0.25, -0.2) is 4.39 Å². The fraction of sp³-hybridized carbons (Fsp3) is 0.415. The number of anilines is 1. The van der Waals surface area contributed by atoms with E-state index in [0.717, 1.165) is 22.5 Å². The fourth-order valence-electron chi connectivity index (χ4n) is 8.15. The highest BCUT2D eigenvalue weighted by Crippen LogP contribution is 2.32. The first-order valence-corrected chi connectivity index (χ1v) is 18.9. The van der Waals surface area contributed by atoms with Gasteiger partial charge in [0.05, 0.1) is 53.9 Å². The van der Waals surface area contributed by atoms with Gasteiger partial charge in [0.25, 0.3) is 5.91 Å². The maximum Gasteiger partial charge on any atom is 0.306 e. The number of nitrogens with one attached hydrogen (secondary N) is 1. The molecule has 4 aromatic rings. The first-order valence-electron chi connectivity index (χ1n) is 18.6. The third-order valence-electron chi connectivity index (χ3n) is 11.2. The zero-order valence-corrected chi connectivity index (χ0v) is 31.0. The van der Waals surface area contributed by atoms with E-state index in [1.54, 1.807) is 11.1 Å². The summed E-state index contributed by atoms with van der Waals surface area (Å²) in [6, 6.07) is 19.5. The molecule has 3 amide bonds. The molecule has 2 atom stereocenters. The third kappa shape index (κ3) is 8.30. The summed E-state index contributed by atoms with van der Waals surface area (Å²) in [7, 11) is 1.84. The Labute approximate surface area is 318 Å². The summed E-state index contributed by atoms with van der Waals surface area (Å²) in [5, 5.41) is 13.0. The molecule has 0 radical (unpaired) electrons. The highest BCUT2D eigenvalue weighted by Gasteiger charge is 2.41. The van der Waals surface area contributed by atoms with E-state index in [1.165, 1.54) is 6.07 Å².